The summed E-state index contributed by atoms with van der Waals surface area (Å²) in [6, 6.07) is 21.5. The van der Waals surface area contributed by atoms with E-state index in [1.807, 2.05) is 48.2 Å². The summed E-state index contributed by atoms with van der Waals surface area (Å²) in [4.78, 5) is 44.8. The minimum atomic E-state index is -0.430. The highest BCUT2D eigenvalue weighted by atomic mass is 35.5. The number of halogens is 1. The van der Waals surface area contributed by atoms with Gasteiger partial charge < -0.3 is 20.2 Å². The van der Waals surface area contributed by atoms with Crippen LogP contribution in [0.3, 0.4) is 0 Å². The molecule has 0 spiro atoms. The minimum Gasteiger partial charge on any atom is -0.394 e. The second kappa shape index (κ2) is 16.1. The monoisotopic (exact) mass is 669 g/mol. The zero-order chi connectivity index (χ0) is 34.2. The van der Waals surface area contributed by atoms with Crippen molar-refractivity contribution in [1.29, 1.82) is 0 Å². The van der Waals surface area contributed by atoms with Crippen molar-refractivity contribution in [3.63, 3.8) is 0 Å². The molecule has 0 radical (unpaired) electrons. The second-order valence-electron chi connectivity index (χ2n) is 12.4. The van der Waals surface area contributed by atoms with E-state index in [0.717, 1.165) is 36.8 Å². The van der Waals surface area contributed by atoms with Gasteiger partial charge in [0.05, 0.1) is 30.3 Å². The standard InChI is InChI=1S/C38H44ClN5O4/c1-4-6-18-42(19-7-5-2)38(48)34-20-26(3)44(41-34)35-17-16-30(40-36(46)22-28-13-10-11-15-33(28)39)23-32(35)37(47)43-24-29-14-9-8-12-27(29)21-31(43)25-45/h8-17,20,23,31,45H,4-7,18-19,21-22,24-25H2,1-3H3,(H,40,46)/t31-/m0/s1. The van der Waals surface area contributed by atoms with Gasteiger partial charge in [0.25, 0.3) is 11.8 Å². The van der Waals surface area contributed by atoms with E-state index in [2.05, 4.69) is 19.2 Å². The summed E-state index contributed by atoms with van der Waals surface area (Å²) in [6.07, 6.45) is 4.35. The summed E-state index contributed by atoms with van der Waals surface area (Å²) in [6.45, 7) is 7.51. The van der Waals surface area contributed by atoms with E-state index in [9.17, 15) is 19.5 Å². The van der Waals surface area contributed by atoms with Crippen LogP contribution in [0.1, 0.15) is 82.8 Å². The third-order valence-electron chi connectivity index (χ3n) is 8.83. The number of aromatic nitrogens is 2. The van der Waals surface area contributed by atoms with Crippen LogP contribution in [0.4, 0.5) is 5.69 Å². The molecule has 5 rings (SSSR count). The number of nitrogens with zero attached hydrogens (tertiary/aromatic N) is 4. The van der Waals surface area contributed by atoms with Crippen LogP contribution >= 0.6 is 11.6 Å². The zero-order valence-corrected chi connectivity index (χ0v) is 28.7. The molecule has 4 aromatic rings. The minimum absolute atomic E-state index is 0.0660. The first-order valence-corrected chi connectivity index (χ1v) is 17.1. The molecule has 1 atom stereocenters. The van der Waals surface area contributed by atoms with Gasteiger partial charge in [-0.1, -0.05) is 80.8 Å². The molecule has 1 aromatic heterocycles. The van der Waals surface area contributed by atoms with Gasteiger partial charge in [-0.15, -0.1) is 0 Å². The average molecular weight is 670 g/mol. The third-order valence-corrected chi connectivity index (χ3v) is 9.20. The highest BCUT2D eigenvalue weighted by molar-refractivity contribution is 6.31. The van der Waals surface area contributed by atoms with Crippen LogP contribution in [0.5, 0.6) is 0 Å². The normalized spacial score (nSPS) is 14.0. The Kier molecular flexibility index (Phi) is 11.7. The Morgan fingerprint density at radius 1 is 0.958 bits per heavy atom. The lowest BCUT2D eigenvalue weighted by atomic mass is 9.93. The number of unbranched alkanes of at least 4 members (excludes halogenated alkanes) is 2. The Bertz CT molecular complexity index is 1760. The average Bonchev–Trinajstić information content (AvgIpc) is 3.49. The maximum Gasteiger partial charge on any atom is 0.274 e. The molecule has 0 bridgehead atoms. The van der Waals surface area contributed by atoms with Crippen molar-refractivity contribution in [2.24, 2.45) is 0 Å². The number of nitrogens with one attached hydrogen (secondary N) is 1. The van der Waals surface area contributed by atoms with Crippen LogP contribution in [0.2, 0.25) is 5.02 Å². The molecule has 3 amide bonds. The highest BCUT2D eigenvalue weighted by Gasteiger charge is 2.32. The van der Waals surface area contributed by atoms with E-state index in [-0.39, 0.29) is 30.7 Å². The van der Waals surface area contributed by atoms with Crippen molar-refractivity contribution >= 4 is 35.0 Å². The summed E-state index contributed by atoms with van der Waals surface area (Å²) in [5.74, 6) is -0.726. The van der Waals surface area contributed by atoms with Crippen LogP contribution in [0.25, 0.3) is 5.69 Å². The van der Waals surface area contributed by atoms with Crippen molar-refractivity contribution in [3.8, 4) is 5.69 Å². The molecular formula is C38H44ClN5O4. The molecule has 2 N–H and O–H groups in total. The first-order chi connectivity index (χ1) is 23.2. The number of aliphatic hydroxyl groups excluding tert-OH is 1. The van der Waals surface area contributed by atoms with Crippen LogP contribution in [-0.2, 0) is 24.2 Å². The van der Waals surface area contributed by atoms with Crippen LogP contribution in [0.15, 0.2) is 72.8 Å². The Hall–Kier alpha value is -4.47. The first kappa shape index (κ1) is 34.9. The van der Waals surface area contributed by atoms with Crippen LogP contribution in [-0.4, -0.2) is 68.1 Å². The maximum absolute atomic E-state index is 14.5. The van der Waals surface area contributed by atoms with Gasteiger partial charge in [0.1, 0.15) is 0 Å². The van der Waals surface area contributed by atoms with Gasteiger partial charge in [0, 0.05) is 36.0 Å². The van der Waals surface area contributed by atoms with E-state index in [0.29, 0.717) is 65.0 Å². The number of anilines is 1. The largest absolute Gasteiger partial charge is 0.394 e. The Morgan fingerprint density at radius 2 is 1.65 bits per heavy atom. The molecule has 0 fully saturated rings. The van der Waals surface area contributed by atoms with E-state index >= 15 is 0 Å². The van der Waals surface area contributed by atoms with Gasteiger partial charge >= 0.3 is 0 Å². The number of aliphatic hydroxyl groups is 1. The molecule has 252 valence electrons. The van der Waals surface area contributed by atoms with Crippen molar-refractivity contribution in [1.82, 2.24) is 19.6 Å². The smallest absolute Gasteiger partial charge is 0.274 e. The number of rotatable bonds is 13. The van der Waals surface area contributed by atoms with E-state index < -0.39 is 6.04 Å². The van der Waals surface area contributed by atoms with Crippen molar-refractivity contribution < 1.29 is 19.5 Å². The van der Waals surface area contributed by atoms with Gasteiger partial charge in [-0.2, -0.15) is 5.10 Å². The van der Waals surface area contributed by atoms with E-state index in [1.54, 1.807) is 46.0 Å². The number of aryl methyl sites for hydroxylation is 1. The van der Waals surface area contributed by atoms with Crippen molar-refractivity contribution in [3.05, 3.63) is 111 Å². The summed E-state index contributed by atoms with van der Waals surface area (Å²) in [7, 11) is 0. The van der Waals surface area contributed by atoms with E-state index in [1.165, 1.54) is 0 Å². The molecule has 0 aliphatic carbocycles. The third kappa shape index (κ3) is 7.97. The quantitative estimate of drug-likeness (QED) is 0.166. The summed E-state index contributed by atoms with van der Waals surface area (Å²) >= 11 is 6.30. The van der Waals surface area contributed by atoms with E-state index in [4.69, 9.17) is 16.7 Å². The number of hydrogen-bond donors (Lipinski definition) is 2. The molecular weight excluding hydrogens is 626 g/mol. The number of carbonyl (C=O) groups is 3. The van der Waals surface area contributed by atoms with Gasteiger partial charge in [0.15, 0.2) is 5.69 Å². The topological polar surface area (TPSA) is 108 Å². The molecule has 1 aliphatic rings. The summed E-state index contributed by atoms with van der Waals surface area (Å²) < 4.78 is 1.62. The Morgan fingerprint density at radius 3 is 2.33 bits per heavy atom. The van der Waals surface area contributed by atoms with Crippen molar-refractivity contribution in [2.75, 3.05) is 25.0 Å². The zero-order valence-electron chi connectivity index (χ0n) is 27.9. The van der Waals surface area contributed by atoms with Gasteiger partial charge in [-0.25, -0.2) is 4.68 Å². The van der Waals surface area contributed by atoms with Gasteiger partial charge in [0.2, 0.25) is 5.91 Å². The lowest BCUT2D eigenvalue weighted by Crippen LogP contribution is -2.46. The summed E-state index contributed by atoms with van der Waals surface area (Å²) in [5, 5.41) is 18.5. The molecule has 0 saturated carbocycles. The maximum atomic E-state index is 14.5. The lowest BCUT2D eigenvalue weighted by Gasteiger charge is -2.36. The lowest BCUT2D eigenvalue weighted by molar-refractivity contribution is -0.115. The molecule has 0 saturated heterocycles. The number of benzene rings is 3. The number of carbonyl (C=O) groups excluding carboxylic acids is 3. The number of amides is 3. The van der Waals surface area contributed by atoms with Gasteiger partial charge in [-0.3, -0.25) is 14.4 Å². The molecule has 10 heteroatoms. The molecule has 2 heterocycles. The predicted octanol–water partition coefficient (Wildman–Crippen LogP) is 6.62. The first-order valence-electron chi connectivity index (χ1n) is 16.8. The highest BCUT2D eigenvalue weighted by Crippen LogP contribution is 2.29. The predicted molar refractivity (Wildman–Crippen MR) is 189 cm³/mol. The van der Waals surface area contributed by atoms with Crippen LogP contribution in [0, 0.1) is 6.92 Å². The molecule has 9 nitrogen and oxygen atoms in total. The second-order valence-corrected chi connectivity index (χ2v) is 12.8. The molecule has 3 aromatic carbocycles. The Balaban J connectivity index is 1.52. The van der Waals surface area contributed by atoms with Gasteiger partial charge in [-0.05, 0) is 73.2 Å². The molecule has 0 unspecified atom stereocenters. The fourth-order valence-corrected chi connectivity index (χ4v) is 6.33. The SMILES string of the molecule is CCCCN(CCCC)C(=O)c1cc(C)n(-c2ccc(NC(=O)Cc3ccccc3Cl)cc2C(=O)N2Cc3ccccc3C[C@H]2CO)n1. The van der Waals surface area contributed by atoms with Crippen LogP contribution < -0.4 is 5.32 Å². The molecule has 1 aliphatic heterocycles. The van der Waals surface area contributed by atoms with Crippen molar-refractivity contribution in [2.45, 2.75) is 71.9 Å². The Labute approximate surface area is 287 Å². The fraction of sp³-hybridized carbons (Fsp3) is 0.368. The number of fused-ring (bicyclic) bond motifs is 1. The number of hydrogen-bond acceptors (Lipinski definition) is 5. The molecule has 48 heavy (non-hydrogen) atoms. The fourth-order valence-electron chi connectivity index (χ4n) is 6.13. The summed E-state index contributed by atoms with van der Waals surface area (Å²) in [5.41, 5.74) is 5.02.